The van der Waals surface area contributed by atoms with Crippen molar-refractivity contribution in [1.82, 2.24) is 14.1 Å². The van der Waals surface area contributed by atoms with E-state index in [-0.39, 0.29) is 0 Å². The van der Waals surface area contributed by atoms with Gasteiger partial charge < -0.3 is 9.13 Å². The molecule has 0 N–H and O–H groups in total. The first-order valence-corrected chi connectivity index (χ1v) is 20.7. The second kappa shape index (κ2) is 12.1. The van der Waals surface area contributed by atoms with E-state index >= 15 is 0 Å². The smallest absolute Gasteiger partial charge is 0.0880 e. The zero-order valence-corrected chi connectivity index (χ0v) is 32.2. The minimum Gasteiger partial charge on any atom is -0.313 e. The van der Waals surface area contributed by atoms with Crippen LogP contribution in [0.1, 0.15) is 11.3 Å². The van der Waals surface area contributed by atoms with Crippen LogP contribution in [0.3, 0.4) is 0 Å². The molecule has 0 aliphatic heterocycles. The number of thiophene rings is 1. The van der Waals surface area contributed by atoms with Gasteiger partial charge in [0.2, 0.25) is 0 Å². The second-order valence-corrected chi connectivity index (χ2v) is 16.5. The van der Waals surface area contributed by atoms with Gasteiger partial charge in [0, 0.05) is 72.5 Å². The highest BCUT2D eigenvalue weighted by molar-refractivity contribution is 7.26. The number of allylic oxidation sites excluding steroid dienone is 3. The lowest BCUT2D eigenvalue weighted by molar-refractivity contribution is 1.00. The van der Waals surface area contributed by atoms with Gasteiger partial charge in [-0.25, -0.2) is 0 Å². The average Bonchev–Trinajstić information content (AvgIpc) is 3.87. The first-order chi connectivity index (χ1) is 28.8. The van der Waals surface area contributed by atoms with Crippen LogP contribution < -0.4 is 0 Å². The van der Waals surface area contributed by atoms with E-state index in [1.54, 1.807) is 0 Å². The van der Waals surface area contributed by atoms with Crippen molar-refractivity contribution in [3.05, 3.63) is 193 Å². The molecule has 0 spiro atoms. The van der Waals surface area contributed by atoms with Gasteiger partial charge in [0.25, 0.3) is 0 Å². The van der Waals surface area contributed by atoms with Crippen molar-refractivity contribution in [2.45, 2.75) is 6.42 Å². The molecule has 0 amide bonds. The van der Waals surface area contributed by atoms with Gasteiger partial charge in [0.05, 0.1) is 26.9 Å². The molecular formula is C54H33N3S. The molecule has 0 bridgehead atoms. The van der Waals surface area contributed by atoms with Crippen LogP contribution >= 0.6 is 11.3 Å². The van der Waals surface area contributed by atoms with Crippen LogP contribution in [0.4, 0.5) is 0 Å². The van der Waals surface area contributed by atoms with Gasteiger partial charge >= 0.3 is 0 Å². The predicted molar refractivity (Wildman–Crippen MR) is 248 cm³/mol. The lowest BCUT2D eigenvalue weighted by Crippen LogP contribution is -2.00. The molecule has 0 radical (unpaired) electrons. The Hall–Kier alpha value is -7.27. The minimum absolute atomic E-state index is 0.823. The molecule has 8 aromatic carbocycles. The molecule has 270 valence electrons. The van der Waals surface area contributed by atoms with Gasteiger partial charge in [0.1, 0.15) is 0 Å². The molecule has 0 unspecified atom stereocenters. The van der Waals surface area contributed by atoms with Crippen molar-refractivity contribution < 1.29 is 0 Å². The number of hydrogen-bond acceptors (Lipinski definition) is 2. The van der Waals surface area contributed by atoms with Crippen LogP contribution in [0.15, 0.2) is 182 Å². The maximum absolute atomic E-state index is 5.06. The quantitative estimate of drug-likeness (QED) is 0.165. The molecular weight excluding hydrogens is 723 g/mol. The summed E-state index contributed by atoms with van der Waals surface area (Å²) in [5.74, 6) is 0. The van der Waals surface area contributed by atoms with Crippen LogP contribution in [0.25, 0.3) is 114 Å². The molecule has 0 atom stereocenters. The molecule has 1 aliphatic rings. The fourth-order valence-corrected chi connectivity index (χ4v) is 11.1. The van der Waals surface area contributed by atoms with E-state index in [1.807, 2.05) is 17.5 Å². The third-order valence-corrected chi connectivity index (χ3v) is 13.6. The van der Waals surface area contributed by atoms with Gasteiger partial charge in [-0.3, -0.25) is 4.98 Å². The van der Waals surface area contributed by atoms with Gasteiger partial charge in [0.15, 0.2) is 0 Å². The number of para-hydroxylation sites is 3. The molecule has 13 rings (SSSR count). The van der Waals surface area contributed by atoms with Gasteiger partial charge in [-0.05, 0) is 93.0 Å². The molecule has 12 aromatic rings. The van der Waals surface area contributed by atoms with E-state index in [0.29, 0.717) is 0 Å². The molecule has 0 fully saturated rings. The Morgan fingerprint density at radius 1 is 0.466 bits per heavy atom. The van der Waals surface area contributed by atoms with Gasteiger partial charge in [-0.2, -0.15) is 0 Å². The monoisotopic (exact) mass is 755 g/mol. The highest BCUT2D eigenvalue weighted by Gasteiger charge is 2.22. The van der Waals surface area contributed by atoms with Crippen molar-refractivity contribution in [3.8, 4) is 16.9 Å². The largest absolute Gasteiger partial charge is 0.313 e. The molecule has 3 nitrogen and oxygen atoms in total. The first-order valence-electron chi connectivity index (χ1n) is 19.9. The summed E-state index contributed by atoms with van der Waals surface area (Å²) >= 11 is 1.84. The molecule has 0 saturated heterocycles. The molecule has 58 heavy (non-hydrogen) atoms. The van der Waals surface area contributed by atoms with Crippen LogP contribution in [-0.2, 0) is 6.42 Å². The average molecular weight is 756 g/mol. The maximum atomic E-state index is 5.06. The zero-order valence-electron chi connectivity index (χ0n) is 31.4. The Morgan fingerprint density at radius 3 is 1.74 bits per heavy atom. The Morgan fingerprint density at radius 2 is 1.05 bits per heavy atom. The summed E-state index contributed by atoms with van der Waals surface area (Å²) in [5, 5.41) is 14.0. The molecule has 1 aliphatic carbocycles. The summed E-state index contributed by atoms with van der Waals surface area (Å²) in [6.45, 7) is 0. The number of benzene rings is 8. The lowest BCUT2D eigenvalue weighted by atomic mass is 9.93. The summed E-state index contributed by atoms with van der Waals surface area (Å²) in [4.78, 5) is 5.06. The van der Waals surface area contributed by atoms with E-state index in [4.69, 9.17) is 4.98 Å². The van der Waals surface area contributed by atoms with Crippen LogP contribution in [-0.4, -0.2) is 14.1 Å². The normalized spacial score (nSPS) is 13.1. The minimum atomic E-state index is 0.823. The fourth-order valence-electron chi connectivity index (χ4n) is 9.89. The highest BCUT2D eigenvalue weighted by atomic mass is 32.1. The number of aromatic nitrogens is 3. The standard InChI is InChI=1S/C54H33N3S/c1-2-15-38-36(13-1)37-14-3-4-16-39(37)45-30-33(24-26-40(38)45)53-54-44(28-29-55-53)47-32-35(25-27-52(47)58-54)57-50-22-10-7-19-43(50)46-31-34(12-11-23-51(46)57)56-48-20-8-5-17-41(48)42-18-6-9-21-49(42)56/h1-22,24-32H,23H2. The summed E-state index contributed by atoms with van der Waals surface area (Å²) < 4.78 is 7.40. The Bertz CT molecular complexity index is 3690. The van der Waals surface area contributed by atoms with Crippen molar-refractivity contribution in [2.75, 3.05) is 0 Å². The summed E-state index contributed by atoms with van der Waals surface area (Å²) in [7, 11) is 0. The second-order valence-electron chi connectivity index (χ2n) is 15.4. The van der Waals surface area contributed by atoms with E-state index in [9.17, 15) is 0 Å². The van der Waals surface area contributed by atoms with E-state index < -0.39 is 0 Å². The molecule has 4 heteroatoms. The van der Waals surface area contributed by atoms with Gasteiger partial charge in [-0.1, -0.05) is 121 Å². The van der Waals surface area contributed by atoms with Crippen LogP contribution in [0.2, 0.25) is 0 Å². The SMILES string of the molecule is C1=CC(n2c3ccccc3c3ccccc32)=Cc2c(n(-c3ccc4sc5c(-c6ccc7c8ccccc8c8ccccc8c7c6)nccc5c4c3)c3ccccc23)C1. The van der Waals surface area contributed by atoms with Crippen molar-refractivity contribution in [2.24, 2.45) is 0 Å². The highest BCUT2D eigenvalue weighted by Crippen LogP contribution is 2.44. The predicted octanol–water partition coefficient (Wildman–Crippen LogP) is 14.7. The molecule has 4 aromatic heterocycles. The zero-order chi connectivity index (χ0) is 37.9. The lowest BCUT2D eigenvalue weighted by Gasteiger charge is -2.12. The van der Waals surface area contributed by atoms with Gasteiger partial charge in [-0.15, -0.1) is 11.3 Å². The fraction of sp³-hybridized carbons (Fsp3) is 0.0185. The van der Waals surface area contributed by atoms with E-state index in [1.165, 1.54) is 108 Å². The summed E-state index contributed by atoms with van der Waals surface area (Å²) in [6.07, 6.45) is 9.86. The van der Waals surface area contributed by atoms with E-state index in [2.05, 4.69) is 191 Å². The Balaban J connectivity index is 0.987. The molecule has 0 saturated carbocycles. The molecule has 4 heterocycles. The number of hydrogen-bond donors (Lipinski definition) is 0. The first kappa shape index (κ1) is 31.9. The van der Waals surface area contributed by atoms with Crippen molar-refractivity contribution in [1.29, 1.82) is 0 Å². The number of pyridine rings is 1. The Labute approximate surface area is 337 Å². The van der Waals surface area contributed by atoms with Crippen molar-refractivity contribution >= 4 is 108 Å². The summed E-state index contributed by atoms with van der Waals surface area (Å²) in [6, 6.07) is 60.1. The Kier molecular flexibility index (Phi) is 6.66. The van der Waals surface area contributed by atoms with Crippen LogP contribution in [0.5, 0.6) is 0 Å². The topological polar surface area (TPSA) is 22.8 Å². The van der Waals surface area contributed by atoms with Crippen molar-refractivity contribution in [3.63, 3.8) is 0 Å². The van der Waals surface area contributed by atoms with E-state index in [0.717, 1.165) is 17.7 Å². The van der Waals surface area contributed by atoms with Crippen LogP contribution in [0, 0.1) is 0 Å². The number of rotatable bonds is 3. The number of nitrogens with zero attached hydrogens (tertiary/aromatic N) is 3. The summed E-state index contributed by atoms with van der Waals surface area (Å²) in [5.41, 5.74) is 10.8. The third-order valence-electron chi connectivity index (χ3n) is 12.4. The third kappa shape index (κ3) is 4.46. The number of fused-ring (bicyclic) bond motifs is 15. The maximum Gasteiger partial charge on any atom is 0.0880 e.